The van der Waals surface area contributed by atoms with Crippen molar-refractivity contribution in [1.82, 2.24) is 9.62 Å². The van der Waals surface area contributed by atoms with Gasteiger partial charge in [-0.25, -0.2) is 16.8 Å². The van der Waals surface area contributed by atoms with Gasteiger partial charge in [0.25, 0.3) is 0 Å². The van der Waals surface area contributed by atoms with E-state index in [1.807, 2.05) is 6.92 Å². The van der Waals surface area contributed by atoms with Gasteiger partial charge in [-0.3, -0.25) is 4.72 Å². The minimum absolute atomic E-state index is 0.0598. The van der Waals surface area contributed by atoms with E-state index in [-0.39, 0.29) is 10.6 Å². The van der Waals surface area contributed by atoms with Crippen molar-refractivity contribution in [2.24, 2.45) is 0 Å². The molecule has 7 nitrogen and oxygen atoms in total. The van der Waals surface area contributed by atoms with Crippen LogP contribution in [0.25, 0.3) is 0 Å². The van der Waals surface area contributed by atoms with Crippen LogP contribution in [-0.2, 0) is 20.0 Å². The van der Waals surface area contributed by atoms with E-state index in [2.05, 4.69) is 10.0 Å². The molecule has 2 N–H and O–H groups in total. The molecular weight excluding hydrogens is 350 g/mol. The molecule has 136 valence electrons. The van der Waals surface area contributed by atoms with Crippen LogP contribution in [0, 0.1) is 0 Å². The minimum Gasteiger partial charge on any atom is -0.315 e. The van der Waals surface area contributed by atoms with Crippen LogP contribution >= 0.6 is 0 Å². The summed E-state index contributed by atoms with van der Waals surface area (Å²) >= 11 is 0. The lowest BCUT2D eigenvalue weighted by Crippen LogP contribution is -2.34. The van der Waals surface area contributed by atoms with E-state index in [4.69, 9.17) is 0 Å². The Hall–Kier alpha value is -1.16. The minimum atomic E-state index is -3.54. The first-order valence-electron chi connectivity index (χ1n) is 8.16. The Morgan fingerprint density at radius 2 is 1.79 bits per heavy atom. The molecule has 1 aliphatic rings. The summed E-state index contributed by atoms with van der Waals surface area (Å²) < 4.78 is 53.0. The fourth-order valence-electron chi connectivity index (χ4n) is 2.47. The summed E-state index contributed by atoms with van der Waals surface area (Å²) in [5, 5.41) is 3.17. The molecule has 9 heteroatoms. The predicted octanol–water partition coefficient (Wildman–Crippen LogP) is 1.21. The molecule has 1 aliphatic heterocycles. The van der Waals surface area contributed by atoms with Gasteiger partial charge in [-0.15, -0.1) is 0 Å². The van der Waals surface area contributed by atoms with Gasteiger partial charge in [0.1, 0.15) is 0 Å². The molecule has 2 rings (SSSR count). The van der Waals surface area contributed by atoms with Gasteiger partial charge in [0.05, 0.1) is 10.6 Å². The van der Waals surface area contributed by atoms with Crippen LogP contribution < -0.4 is 10.0 Å². The molecular formula is C15H25N3O4S2. The van der Waals surface area contributed by atoms with Crippen LogP contribution in [-0.4, -0.2) is 53.1 Å². The second-order valence-corrected chi connectivity index (χ2v) is 9.59. The number of anilines is 1. The molecule has 24 heavy (non-hydrogen) atoms. The number of hydrogen-bond acceptors (Lipinski definition) is 5. The quantitative estimate of drug-likeness (QED) is 0.747. The van der Waals surface area contributed by atoms with E-state index in [9.17, 15) is 16.8 Å². The molecule has 0 amide bonds. The second-order valence-electron chi connectivity index (χ2n) is 5.81. The van der Waals surface area contributed by atoms with Gasteiger partial charge >= 0.3 is 0 Å². The molecule has 1 fully saturated rings. The van der Waals surface area contributed by atoms with E-state index in [0.29, 0.717) is 31.7 Å². The Morgan fingerprint density at radius 3 is 2.46 bits per heavy atom. The largest absolute Gasteiger partial charge is 0.315 e. The lowest BCUT2D eigenvalue weighted by Gasteiger charge is -2.19. The van der Waals surface area contributed by atoms with Crippen LogP contribution in [0.1, 0.15) is 26.2 Å². The van der Waals surface area contributed by atoms with Gasteiger partial charge in [0, 0.05) is 25.3 Å². The topological polar surface area (TPSA) is 95.6 Å². The normalized spacial score (nSPS) is 17.4. The first-order valence-corrected chi connectivity index (χ1v) is 11.3. The zero-order chi connectivity index (χ0) is 17.6. The molecule has 1 heterocycles. The van der Waals surface area contributed by atoms with Crippen LogP contribution in [0.3, 0.4) is 0 Å². The smallest absolute Gasteiger partial charge is 0.243 e. The molecule has 0 radical (unpaired) electrons. The molecule has 0 unspecified atom stereocenters. The van der Waals surface area contributed by atoms with Gasteiger partial charge < -0.3 is 5.32 Å². The van der Waals surface area contributed by atoms with Crippen molar-refractivity contribution in [3.8, 4) is 0 Å². The number of rotatable bonds is 7. The highest BCUT2D eigenvalue weighted by atomic mass is 32.2. The number of unbranched alkanes of at least 4 members (excludes halogenated alkanes) is 1. The molecule has 0 saturated carbocycles. The first-order chi connectivity index (χ1) is 11.3. The molecule has 0 spiro atoms. The zero-order valence-corrected chi connectivity index (χ0v) is 15.5. The van der Waals surface area contributed by atoms with Crippen molar-refractivity contribution >= 4 is 25.7 Å². The van der Waals surface area contributed by atoms with Crippen LogP contribution in [0.15, 0.2) is 29.2 Å². The molecule has 0 aliphatic carbocycles. The van der Waals surface area contributed by atoms with Crippen molar-refractivity contribution in [3.05, 3.63) is 24.3 Å². The summed E-state index contributed by atoms with van der Waals surface area (Å²) in [7, 11) is -6.93. The average Bonchev–Trinajstić information content (AvgIpc) is 2.83. The van der Waals surface area contributed by atoms with E-state index < -0.39 is 20.0 Å². The number of sulfonamides is 2. The SMILES string of the molecule is CCCCS(=O)(=O)Nc1ccc(S(=O)(=O)N2CCCNCC2)cc1. The van der Waals surface area contributed by atoms with E-state index in [1.165, 1.54) is 28.6 Å². The van der Waals surface area contributed by atoms with E-state index >= 15 is 0 Å². The lowest BCUT2D eigenvalue weighted by atomic mass is 10.3. The van der Waals surface area contributed by atoms with Gasteiger partial charge in [-0.2, -0.15) is 4.31 Å². The molecule has 0 aromatic heterocycles. The number of benzene rings is 1. The Labute approximate surface area is 144 Å². The van der Waals surface area contributed by atoms with Crippen molar-refractivity contribution in [2.45, 2.75) is 31.1 Å². The Bertz CT molecular complexity index is 722. The van der Waals surface area contributed by atoms with Crippen molar-refractivity contribution in [2.75, 3.05) is 36.7 Å². The molecule has 0 atom stereocenters. The maximum atomic E-state index is 12.6. The number of nitrogens with zero attached hydrogens (tertiary/aromatic N) is 1. The molecule has 1 saturated heterocycles. The summed E-state index contributed by atoms with van der Waals surface area (Å²) in [6.07, 6.45) is 2.15. The highest BCUT2D eigenvalue weighted by Gasteiger charge is 2.25. The van der Waals surface area contributed by atoms with Crippen LogP contribution in [0.2, 0.25) is 0 Å². The summed E-state index contributed by atoms with van der Waals surface area (Å²) in [5.41, 5.74) is 0.377. The van der Waals surface area contributed by atoms with Crippen LogP contribution in [0.5, 0.6) is 0 Å². The Balaban J connectivity index is 2.10. The third-order valence-electron chi connectivity index (χ3n) is 3.83. The van der Waals surface area contributed by atoms with Crippen molar-refractivity contribution in [1.29, 1.82) is 0 Å². The lowest BCUT2D eigenvalue weighted by molar-refractivity contribution is 0.432. The van der Waals surface area contributed by atoms with Crippen molar-refractivity contribution < 1.29 is 16.8 Å². The monoisotopic (exact) mass is 375 g/mol. The average molecular weight is 376 g/mol. The third-order valence-corrected chi connectivity index (χ3v) is 7.12. The number of nitrogens with one attached hydrogen (secondary N) is 2. The fraction of sp³-hybridized carbons (Fsp3) is 0.600. The highest BCUT2D eigenvalue weighted by Crippen LogP contribution is 2.20. The summed E-state index contributed by atoms with van der Waals surface area (Å²) in [6, 6.07) is 5.88. The molecule has 0 bridgehead atoms. The summed E-state index contributed by atoms with van der Waals surface area (Å²) in [6.45, 7) is 4.29. The standard InChI is InChI=1S/C15H25N3O4S2/c1-2-3-13-23(19,20)17-14-5-7-15(8-6-14)24(21,22)18-11-4-9-16-10-12-18/h5-8,16-17H,2-4,9-13H2,1H3. The first kappa shape index (κ1) is 19.2. The van der Waals surface area contributed by atoms with Gasteiger partial charge in [0.15, 0.2) is 0 Å². The van der Waals surface area contributed by atoms with Gasteiger partial charge in [-0.1, -0.05) is 13.3 Å². The van der Waals surface area contributed by atoms with Gasteiger partial charge in [0.2, 0.25) is 20.0 Å². The molecule has 1 aromatic carbocycles. The third kappa shape index (κ3) is 5.17. The van der Waals surface area contributed by atoms with Crippen molar-refractivity contribution in [3.63, 3.8) is 0 Å². The molecule has 1 aromatic rings. The Kier molecular flexibility index (Phi) is 6.62. The van der Waals surface area contributed by atoms with E-state index in [1.54, 1.807) is 0 Å². The van der Waals surface area contributed by atoms with Crippen LogP contribution in [0.4, 0.5) is 5.69 Å². The number of hydrogen-bond donors (Lipinski definition) is 2. The van der Waals surface area contributed by atoms with Gasteiger partial charge in [-0.05, 0) is 43.7 Å². The zero-order valence-electron chi connectivity index (χ0n) is 13.9. The summed E-state index contributed by atoms with van der Waals surface area (Å²) in [4.78, 5) is 0.181. The maximum Gasteiger partial charge on any atom is 0.243 e. The fourth-order valence-corrected chi connectivity index (χ4v) is 5.22. The summed E-state index contributed by atoms with van der Waals surface area (Å²) in [5.74, 6) is 0.0598. The predicted molar refractivity (Wildman–Crippen MR) is 95.0 cm³/mol. The second kappa shape index (κ2) is 8.28. The van der Waals surface area contributed by atoms with E-state index in [0.717, 1.165) is 19.4 Å². The highest BCUT2D eigenvalue weighted by molar-refractivity contribution is 7.92. The maximum absolute atomic E-state index is 12.6. The Morgan fingerprint density at radius 1 is 1.08 bits per heavy atom.